The number of methoxy groups -OCH3 is 1. The summed E-state index contributed by atoms with van der Waals surface area (Å²) in [5, 5.41) is 3.20. The topological polar surface area (TPSA) is 107 Å². The van der Waals surface area contributed by atoms with E-state index >= 15 is 0 Å². The molecule has 2 aromatic carbocycles. The summed E-state index contributed by atoms with van der Waals surface area (Å²) in [6.45, 7) is 10.7. The van der Waals surface area contributed by atoms with E-state index in [0.717, 1.165) is 54.9 Å². The van der Waals surface area contributed by atoms with Gasteiger partial charge in [-0.05, 0) is 75.3 Å². The van der Waals surface area contributed by atoms with E-state index in [1.165, 1.54) is 0 Å². The van der Waals surface area contributed by atoms with Crippen molar-refractivity contribution in [2.75, 3.05) is 58.1 Å². The van der Waals surface area contributed by atoms with Crippen molar-refractivity contribution in [1.82, 2.24) is 9.62 Å². The number of carbonyl (C=O) groups is 1. The van der Waals surface area contributed by atoms with E-state index in [9.17, 15) is 13.2 Å². The smallest absolute Gasteiger partial charge is 0.243 e. The average molecular weight is 658 g/mol. The zero-order valence-corrected chi connectivity index (χ0v) is 28.6. The summed E-state index contributed by atoms with van der Waals surface area (Å²) in [5.41, 5.74) is 2.31. The fraction of sp³-hybridized carbons (Fsp3) is 0.629. The number of benzene rings is 2. The number of amides is 1. The van der Waals surface area contributed by atoms with Gasteiger partial charge in [-0.15, -0.1) is 0 Å². The third-order valence-corrected chi connectivity index (χ3v) is 11.3. The van der Waals surface area contributed by atoms with Crippen molar-refractivity contribution in [3.8, 4) is 5.75 Å². The van der Waals surface area contributed by atoms with Crippen molar-refractivity contribution >= 4 is 21.6 Å². The SMILES string of the molecule is COCCCN1CCOc2ccc(CO[C@@H]3CC[C@@H](CC(C)(C)C(=O)NC4CCOCC4)N(S(=O)(=O)c4ccc(C)cc4)C3)cc21. The van der Waals surface area contributed by atoms with Crippen molar-refractivity contribution in [2.45, 2.75) is 89.0 Å². The Morgan fingerprint density at radius 1 is 1.04 bits per heavy atom. The van der Waals surface area contributed by atoms with Gasteiger partial charge in [0.1, 0.15) is 12.4 Å². The number of ether oxygens (including phenoxy) is 4. The van der Waals surface area contributed by atoms with Gasteiger partial charge in [-0.1, -0.05) is 37.6 Å². The molecule has 0 saturated carbocycles. The summed E-state index contributed by atoms with van der Waals surface area (Å²) in [6.07, 6.45) is 3.97. The Hall–Kier alpha value is -2.70. The van der Waals surface area contributed by atoms with Crippen molar-refractivity contribution in [3.05, 3.63) is 53.6 Å². The van der Waals surface area contributed by atoms with Crippen LogP contribution in [0.3, 0.4) is 0 Å². The molecule has 2 saturated heterocycles. The largest absolute Gasteiger partial charge is 0.490 e. The molecule has 1 N–H and O–H groups in total. The van der Waals surface area contributed by atoms with Gasteiger partial charge in [0.15, 0.2) is 0 Å². The zero-order valence-electron chi connectivity index (χ0n) is 27.8. The van der Waals surface area contributed by atoms with E-state index in [1.807, 2.05) is 45.0 Å². The first kappa shape index (κ1) is 34.6. The van der Waals surface area contributed by atoms with Gasteiger partial charge >= 0.3 is 0 Å². The van der Waals surface area contributed by atoms with Gasteiger partial charge in [0.2, 0.25) is 15.9 Å². The van der Waals surface area contributed by atoms with E-state index in [4.69, 9.17) is 18.9 Å². The highest BCUT2D eigenvalue weighted by Crippen LogP contribution is 2.36. The Morgan fingerprint density at radius 3 is 2.54 bits per heavy atom. The van der Waals surface area contributed by atoms with Gasteiger partial charge in [0.05, 0.1) is 29.8 Å². The number of hydrogen-bond acceptors (Lipinski definition) is 8. The molecule has 11 heteroatoms. The van der Waals surface area contributed by atoms with Crippen LogP contribution in [0.2, 0.25) is 0 Å². The maximum Gasteiger partial charge on any atom is 0.243 e. The molecular formula is C35H51N3O7S. The number of anilines is 1. The number of carbonyl (C=O) groups excluding carboxylic acids is 1. The molecule has 2 aromatic rings. The first-order valence-corrected chi connectivity index (χ1v) is 18.1. The molecule has 3 heterocycles. The highest BCUT2D eigenvalue weighted by Gasteiger charge is 2.42. The number of rotatable bonds is 13. The summed E-state index contributed by atoms with van der Waals surface area (Å²) in [6, 6.07) is 12.9. The molecule has 3 aliphatic heterocycles. The second-order valence-electron chi connectivity index (χ2n) is 13.5. The predicted molar refractivity (Wildman–Crippen MR) is 178 cm³/mol. The Bertz CT molecular complexity index is 1410. The standard InChI is InChI=1S/C35H51N3O7S/c1-26-6-11-31(12-7-26)46(40,41)38-24-30(10-9-29(38)23-35(2,3)34(39)36-28-14-19-43-20-15-28)45-25-27-8-13-33-32(22-27)37(17-21-44-33)16-5-18-42-4/h6-8,11-13,22,28-30H,5,9-10,14-21,23-25H2,1-4H3,(H,36,39)/t29-,30+/m0/s1. The lowest BCUT2D eigenvalue weighted by molar-refractivity contribution is -0.132. The van der Waals surface area contributed by atoms with Gasteiger partial charge in [-0.25, -0.2) is 8.42 Å². The Labute approximate surface area is 274 Å². The first-order valence-electron chi connectivity index (χ1n) is 16.7. The molecule has 46 heavy (non-hydrogen) atoms. The van der Waals surface area contributed by atoms with Crippen molar-refractivity contribution in [2.24, 2.45) is 5.41 Å². The van der Waals surface area contributed by atoms with Crippen LogP contribution in [0, 0.1) is 12.3 Å². The van der Waals surface area contributed by atoms with Gasteiger partial charge in [-0.2, -0.15) is 4.31 Å². The summed E-state index contributed by atoms with van der Waals surface area (Å²) in [7, 11) is -2.11. The van der Waals surface area contributed by atoms with E-state index < -0.39 is 15.4 Å². The highest BCUT2D eigenvalue weighted by molar-refractivity contribution is 7.89. The molecule has 10 nitrogen and oxygen atoms in total. The first-order chi connectivity index (χ1) is 22.1. The lowest BCUT2D eigenvalue weighted by Crippen LogP contribution is -2.53. The number of piperidine rings is 1. The molecule has 0 aliphatic carbocycles. The second-order valence-corrected chi connectivity index (χ2v) is 15.4. The molecule has 5 rings (SSSR count). The lowest BCUT2D eigenvalue weighted by atomic mass is 9.81. The molecule has 2 atom stereocenters. The second kappa shape index (κ2) is 15.5. The van der Waals surface area contributed by atoms with Crippen LogP contribution >= 0.6 is 0 Å². The molecule has 0 aromatic heterocycles. The molecule has 0 radical (unpaired) electrons. The Kier molecular flexibility index (Phi) is 11.6. The van der Waals surface area contributed by atoms with Crippen LogP contribution in [0.1, 0.15) is 63.5 Å². The van der Waals surface area contributed by atoms with Gasteiger partial charge in [0.25, 0.3) is 0 Å². The number of aryl methyl sites for hydroxylation is 1. The normalized spacial score (nSPS) is 21.4. The minimum atomic E-state index is -3.83. The monoisotopic (exact) mass is 657 g/mol. The molecule has 0 bridgehead atoms. The highest BCUT2D eigenvalue weighted by atomic mass is 32.2. The summed E-state index contributed by atoms with van der Waals surface area (Å²) in [5.74, 6) is 0.824. The molecule has 0 spiro atoms. The van der Waals surface area contributed by atoms with Crippen LogP contribution < -0.4 is 15.0 Å². The van der Waals surface area contributed by atoms with Crippen LogP contribution in [0.5, 0.6) is 5.75 Å². The molecule has 2 fully saturated rings. The number of fused-ring (bicyclic) bond motifs is 1. The number of hydrogen-bond donors (Lipinski definition) is 1. The van der Waals surface area contributed by atoms with E-state index in [-0.39, 0.29) is 35.5 Å². The van der Waals surface area contributed by atoms with Gasteiger partial charge < -0.3 is 29.2 Å². The maximum atomic E-state index is 14.1. The molecule has 3 aliphatic rings. The van der Waals surface area contributed by atoms with Gasteiger partial charge in [0, 0.05) is 57.5 Å². The zero-order chi connectivity index (χ0) is 32.7. The van der Waals surface area contributed by atoms with Crippen LogP contribution in [0.15, 0.2) is 47.4 Å². The van der Waals surface area contributed by atoms with Crippen LogP contribution in [-0.2, 0) is 35.6 Å². The fourth-order valence-electron chi connectivity index (χ4n) is 6.60. The lowest BCUT2D eigenvalue weighted by Gasteiger charge is -2.41. The number of nitrogens with zero attached hydrogens (tertiary/aromatic N) is 2. The van der Waals surface area contributed by atoms with E-state index in [1.54, 1.807) is 23.5 Å². The molecule has 1 amide bonds. The van der Waals surface area contributed by atoms with Crippen molar-refractivity contribution < 1.29 is 32.2 Å². The minimum absolute atomic E-state index is 0.0434. The van der Waals surface area contributed by atoms with Crippen molar-refractivity contribution in [3.63, 3.8) is 0 Å². The molecular weight excluding hydrogens is 606 g/mol. The van der Waals surface area contributed by atoms with E-state index in [2.05, 4.69) is 16.3 Å². The molecule has 254 valence electrons. The van der Waals surface area contributed by atoms with Crippen LogP contribution in [0.4, 0.5) is 5.69 Å². The maximum absolute atomic E-state index is 14.1. The van der Waals surface area contributed by atoms with Crippen molar-refractivity contribution in [1.29, 1.82) is 0 Å². The van der Waals surface area contributed by atoms with Gasteiger partial charge in [-0.3, -0.25) is 4.79 Å². The molecule has 0 unspecified atom stereocenters. The number of nitrogens with one attached hydrogen (secondary N) is 1. The van der Waals surface area contributed by atoms with Crippen LogP contribution in [-0.4, -0.2) is 90.0 Å². The fourth-order valence-corrected chi connectivity index (χ4v) is 8.29. The summed E-state index contributed by atoms with van der Waals surface area (Å²) >= 11 is 0. The number of sulfonamides is 1. The third kappa shape index (κ3) is 8.60. The summed E-state index contributed by atoms with van der Waals surface area (Å²) in [4.78, 5) is 16.0. The Balaban J connectivity index is 1.29. The quantitative estimate of drug-likeness (QED) is 0.310. The van der Waals surface area contributed by atoms with E-state index in [0.29, 0.717) is 52.3 Å². The third-order valence-electron chi connectivity index (χ3n) is 9.40. The minimum Gasteiger partial charge on any atom is -0.490 e. The van der Waals surface area contributed by atoms with Crippen LogP contribution in [0.25, 0.3) is 0 Å². The average Bonchev–Trinajstić information content (AvgIpc) is 3.05. The predicted octanol–water partition coefficient (Wildman–Crippen LogP) is 4.68. The summed E-state index contributed by atoms with van der Waals surface area (Å²) < 4.78 is 52.9. The Morgan fingerprint density at radius 2 is 1.80 bits per heavy atom.